The number of alkyl carbamates (subject to hydrolysis) is 1. The maximum atomic E-state index is 13.7. The Morgan fingerprint density at radius 3 is 2.59 bits per heavy atom. The second-order valence-corrected chi connectivity index (χ2v) is 9.70. The van der Waals surface area contributed by atoms with Crippen LogP contribution in [0.2, 0.25) is 0 Å². The first-order valence-corrected chi connectivity index (χ1v) is 11.7. The van der Waals surface area contributed by atoms with Crippen LogP contribution < -0.4 is 5.32 Å². The normalized spacial score (nSPS) is 20.5. The largest absolute Gasteiger partial charge is 0.444 e. The Morgan fingerprint density at radius 1 is 1.12 bits per heavy atom. The first-order valence-electron chi connectivity index (χ1n) is 11.7. The molecule has 2 aromatic rings. The van der Waals surface area contributed by atoms with Gasteiger partial charge in [0.15, 0.2) is 0 Å². The molecule has 0 spiro atoms. The van der Waals surface area contributed by atoms with Gasteiger partial charge in [0.2, 0.25) is 0 Å². The fraction of sp³-hybridized carbons (Fsp3) is 0.462. The summed E-state index contributed by atoms with van der Waals surface area (Å²) in [6.07, 6.45) is -0.0803. The number of hydrogen-bond acceptors (Lipinski definition) is 4. The molecule has 0 bridgehead atoms. The predicted molar refractivity (Wildman–Crippen MR) is 126 cm³/mol. The number of hydrogen-bond donors (Lipinski definition) is 1. The molecule has 4 rings (SSSR count). The van der Waals surface area contributed by atoms with E-state index in [2.05, 4.69) is 11.4 Å². The topological polar surface area (TPSA) is 71.1 Å². The lowest BCUT2D eigenvalue weighted by molar-refractivity contribution is -0.0211. The summed E-state index contributed by atoms with van der Waals surface area (Å²) in [6, 6.07) is 14.1. The van der Waals surface area contributed by atoms with Crippen molar-refractivity contribution >= 4 is 12.1 Å². The molecular weight excluding hydrogens is 437 g/mol. The van der Waals surface area contributed by atoms with Gasteiger partial charge in [-0.05, 0) is 56.0 Å². The van der Waals surface area contributed by atoms with Gasteiger partial charge in [0.05, 0.1) is 25.3 Å². The molecule has 2 aliphatic rings. The van der Waals surface area contributed by atoms with E-state index in [1.807, 2.05) is 23.1 Å². The Hall–Kier alpha value is -3.13. The average Bonchev–Trinajstić information content (AvgIpc) is 2.81. The standard InChI is InChI=1S/C26H32FN3O4/c1-26(2,3)34-24(31)28-16-21-17-29(14-15-33-21)25(32)30-13-12-18-6-4-5-7-22(18)23(30)19-8-10-20(27)11-9-19/h4-11,21,23H,12-17H2,1-3H3,(H,28,31)/t21-,23+/m1/s1. The Balaban J connectivity index is 1.48. The van der Waals surface area contributed by atoms with Crippen molar-refractivity contribution in [1.82, 2.24) is 15.1 Å². The van der Waals surface area contributed by atoms with Crippen LogP contribution in [0, 0.1) is 5.82 Å². The van der Waals surface area contributed by atoms with Crippen molar-refractivity contribution in [3.63, 3.8) is 0 Å². The molecule has 182 valence electrons. The van der Waals surface area contributed by atoms with Crippen molar-refractivity contribution in [2.24, 2.45) is 0 Å². The molecule has 3 amide bonds. The van der Waals surface area contributed by atoms with Crippen molar-refractivity contribution in [3.05, 3.63) is 71.0 Å². The number of nitrogens with zero attached hydrogens (tertiary/aromatic N) is 2. The third-order valence-corrected chi connectivity index (χ3v) is 6.00. The summed E-state index contributed by atoms with van der Waals surface area (Å²) < 4.78 is 24.7. The summed E-state index contributed by atoms with van der Waals surface area (Å²) in [5.41, 5.74) is 2.55. The van der Waals surface area contributed by atoms with Crippen LogP contribution in [0.1, 0.15) is 43.5 Å². The van der Waals surface area contributed by atoms with E-state index >= 15 is 0 Å². The lowest BCUT2D eigenvalue weighted by atomic mass is 9.88. The molecule has 0 aliphatic carbocycles. The summed E-state index contributed by atoms with van der Waals surface area (Å²) in [6.45, 7) is 7.45. The van der Waals surface area contributed by atoms with Crippen molar-refractivity contribution in [1.29, 1.82) is 0 Å². The van der Waals surface area contributed by atoms with E-state index in [4.69, 9.17) is 9.47 Å². The molecule has 34 heavy (non-hydrogen) atoms. The van der Waals surface area contributed by atoms with Crippen molar-refractivity contribution < 1.29 is 23.5 Å². The van der Waals surface area contributed by atoms with Crippen LogP contribution in [0.3, 0.4) is 0 Å². The minimum absolute atomic E-state index is 0.0885. The SMILES string of the molecule is CC(C)(C)OC(=O)NC[C@@H]1CN(C(=O)N2CCc3ccccc3[C@@H]2c2ccc(F)cc2)CCO1. The predicted octanol–water partition coefficient (Wildman–Crippen LogP) is 4.12. The molecule has 8 heteroatoms. The van der Waals surface area contributed by atoms with Gasteiger partial charge in [0.25, 0.3) is 0 Å². The number of carbonyl (C=O) groups is 2. The fourth-order valence-electron chi connectivity index (χ4n) is 4.49. The number of fused-ring (bicyclic) bond motifs is 1. The van der Waals surface area contributed by atoms with Gasteiger partial charge < -0.3 is 24.6 Å². The number of benzene rings is 2. The van der Waals surface area contributed by atoms with Gasteiger partial charge in [-0.1, -0.05) is 36.4 Å². The Bertz CT molecular complexity index is 1020. The zero-order valence-electron chi connectivity index (χ0n) is 19.9. The molecule has 1 saturated heterocycles. The molecule has 1 fully saturated rings. The molecule has 0 saturated carbocycles. The van der Waals surface area contributed by atoms with Gasteiger partial charge >= 0.3 is 12.1 Å². The van der Waals surface area contributed by atoms with Crippen LogP contribution in [0.5, 0.6) is 0 Å². The van der Waals surface area contributed by atoms with Gasteiger partial charge in [-0.25, -0.2) is 14.0 Å². The number of rotatable bonds is 3. The minimum atomic E-state index is -0.584. The number of amides is 3. The van der Waals surface area contributed by atoms with Gasteiger partial charge in [-0.15, -0.1) is 0 Å². The highest BCUT2D eigenvalue weighted by Gasteiger charge is 2.36. The second kappa shape index (κ2) is 10.0. The number of ether oxygens (including phenoxy) is 2. The van der Waals surface area contributed by atoms with E-state index in [9.17, 15) is 14.0 Å². The van der Waals surface area contributed by atoms with Gasteiger partial charge in [-0.2, -0.15) is 0 Å². The summed E-state index contributed by atoms with van der Waals surface area (Å²) in [7, 11) is 0. The molecule has 2 atom stereocenters. The van der Waals surface area contributed by atoms with Crippen LogP contribution in [0.25, 0.3) is 0 Å². The smallest absolute Gasteiger partial charge is 0.407 e. The van der Waals surface area contributed by atoms with Crippen molar-refractivity contribution in [2.45, 2.75) is 44.9 Å². The zero-order chi connectivity index (χ0) is 24.3. The van der Waals surface area contributed by atoms with E-state index < -0.39 is 11.7 Å². The maximum absolute atomic E-state index is 13.7. The molecular formula is C26H32FN3O4. The lowest BCUT2D eigenvalue weighted by Crippen LogP contribution is -2.55. The first kappa shape index (κ1) is 24.0. The number of halogens is 1. The molecule has 7 nitrogen and oxygen atoms in total. The molecule has 0 unspecified atom stereocenters. The number of carbonyl (C=O) groups excluding carboxylic acids is 2. The number of urea groups is 1. The molecule has 2 heterocycles. The first-order chi connectivity index (χ1) is 16.2. The van der Waals surface area contributed by atoms with Gasteiger partial charge in [-0.3, -0.25) is 0 Å². The third-order valence-electron chi connectivity index (χ3n) is 6.00. The van der Waals surface area contributed by atoms with Crippen molar-refractivity contribution in [2.75, 3.05) is 32.8 Å². The van der Waals surface area contributed by atoms with Crippen LogP contribution in [0.4, 0.5) is 14.0 Å². The van der Waals surface area contributed by atoms with Gasteiger partial charge in [0.1, 0.15) is 11.4 Å². The maximum Gasteiger partial charge on any atom is 0.407 e. The summed E-state index contributed by atoms with van der Waals surface area (Å²) >= 11 is 0. The van der Waals surface area contributed by atoms with Crippen molar-refractivity contribution in [3.8, 4) is 0 Å². The molecule has 1 N–H and O–H groups in total. The highest BCUT2D eigenvalue weighted by Crippen LogP contribution is 2.36. The molecule has 0 radical (unpaired) electrons. The summed E-state index contributed by atoms with van der Waals surface area (Å²) in [5, 5.41) is 2.73. The van der Waals surface area contributed by atoms with E-state index in [0.717, 1.165) is 17.5 Å². The third kappa shape index (κ3) is 5.67. The molecule has 2 aromatic carbocycles. The Labute approximate surface area is 199 Å². The summed E-state index contributed by atoms with van der Waals surface area (Å²) in [4.78, 5) is 29.3. The fourth-order valence-corrected chi connectivity index (χ4v) is 4.49. The number of morpholine rings is 1. The van der Waals surface area contributed by atoms with Gasteiger partial charge in [0, 0.05) is 19.6 Å². The van der Waals surface area contributed by atoms with E-state index in [-0.39, 0.29) is 30.5 Å². The Morgan fingerprint density at radius 2 is 1.85 bits per heavy atom. The lowest BCUT2D eigenvalue weighted by Gasteiger charge is -2.42. The molecule has 2 aliphatic heterocycles. The second-order valence-electron chi connectivity index (χ2n) is 9.70. The summed E-state index contributed by atoms with van der Waals surface area (Å²) in [5.74, 6) is -0.306. The zero-order valence-corrected chi connectivity index (χ0v) is 19.9. The minimum Gasteiger partial charge on any atom is -0.444 e. The average molecular weight is 470 g/mol. The monoisotopic (exact) mass is 469 g/mol. The number of nitrogens with one attached hydrogen (secondary N) is 1. The molecule has 0 aromatic heterocycles. The van der Waals surface area contributed by atoms with E-state index in [1.54, 1.807) is 37.8 Å². The highest BCUT2D eigenvalue weighted by atomic mass is 19.1. The van der Waals surface area contributed by atoms with Crippen LogP contribution >= 0.6 is 0 Å². The Kier molecular flexibility index (Phi) is 7.07. The van der Waals surface area contributed by atoms with Crippen LogP contribution in [-0.2, 0) is 15.9 Å². The van der Waals surface area contributed by atoms with Crippen LogP contribution in [0.15, 0.2) is 48.5 Å². The quantitative estimate of drug-likeness (QED) is 0.734. The van der Waals surface area contributed by atoms with E-state index in [1.165, 1.54) is 17.7 Å². The van der Waals surface area contributed by atoms with E-state index in [0.29, 0.717) is 26.2 Å². The van der Waals surface area contributed by atoms with Crippen LogP contribution in [-0.4, -0.2) is 66.4 Å². The highest BCUT2D eigenvalue weighted by molar-refractivity contribution is 5.76.